The summed E-state index contributed by atoms with van der Waals surface area (Å²) in [6.45, 7) is 9.14. The van der Waals surface area contributed by atoms with Crippen molar-refractivity contribution in [2.45, 2.75) is 59.3 Å². The summed E-state index contributed by atoms with van der Waals surface area (Å²) in [5.74, 6) is 0.986. The van der Waals surface area contributed by atoms with Crippen LogP contribution in [0.4, 0.5) is 0 Å². The minimum atomic E-state index is 0.454. The van der Waals surface area contributed by atoms with E-state index in [1.165, 1.54) is 88.2 Å². The molecule has 51 heavy (non-hydrogen) atoms. The standard InChI is InChI=1S/C49H44N2/c1-5-34(38-19-10-11-20-39(38)36-17-8-6-15-31(36)2)25-26-35-28-48-44(42-23-14-22-41-40-21-12-13-24-47(40)51(48)49(41)42)29-43(35)46-27-33(4)45(30-50-46)37-18-9-7-16-32(37)3/h6-14,16-24,27-31,34H,5,15,25-26H2,1-4H3. The number of hydrogen-bond acceptors (Lipinski definition) is 1. The molecule has 0 saturated carbocycles. The number of hydrogen-bond donors (Lipinski definition) is 0. The molecule has 0 amide bonds. The topological polar surface area (TPSA) is 17.3 Å². The molecule has 250 valence electrons. The van der Waals surface area contributed by atoms with Crippen LogP contribution < -0.4 is 0 Å². The molecular weight excluding hydrogens is 617 g/mol. The summed E-state index contributed by atoms with van der Waals surface area (Å²) in [6, 6.07) is 40.7. The van der Waals surface area contributed by atoms with Crippen LogP contribution in [0.1, 0.15) is 66.8 Å². The van der Waals surface area contributed by atoms with E-state index in [1.807, 2.05) is 0 Å². The van der Waals surface area contributed by atoms with Gasteiger partial charge in [0.05, 0.1) is 22.2 Å². The van der Waals surface area contributed by atoms with Crippen LogP contribution in [0, 0.1) is 19.8 Å². The normalized spacial score (nSPS) is 15.4. The molecule has 5 aromatic carbocycles. The first-order valence-corrected chi connectivity index (χ1v) is 18.7. The molecule has 1 aliphatic carbocycles. The van der Waals surface area contributed by atoms with Gasteiger partial charge in [-0.05, 0) is 115 Å². The van der Waals surface area contributed by atoms with Gasteiger partial charge in [-0.25, -0.2) is 0 Å². The highest BCUT2D eigenvalue weighted by molar-refractivity contribution is 6.23. The van der Waals surface area contributed by atoms with Crippen molar-refractivity contribution in [3.63, 3.8) is 0 Å². The van der Waals surface area contributed by atoms with E-state index in [1.54, 1.807) is 0 Å². The Morgan fingerprint density at radius 2 is 1.45 bits per heavy atom. The number of aromatic nitrogens is 2. The first kappa shape index (κ1) is 31.5. The van der Waals surface area contributed by atoms with Crippen molar-refractivity contribution in [3.8, 4) is 22.4 Å². The highest BCUT2D eigenvalue weighted by atomic mass is 14.9. The number of allylic oxidation sites excluding steroid dienone is 4. The molecule has 0 N–H and O–H groups in total. The van der Waals surface area contributed by atoms with Crippen molar-refractivity contribution in [1.82, 2.24) is 9.38 Å². The van der Waals surface area contributed by atoms with Crippen LogP contribution in [0.2, 0.25) is 0 Å². The molecule has 8 aromatic rings. The Bertz CT molecular complexity index is 2650. The first-order chi connectivity index (χ1) is 25.0. The van der Waals surface area contributed by atoms with Gasteiger partial charge in [-0.1, -0.05) is 117 Å². The van der Waals surface area contributed by atoms with Gasteiger partial charge in [-0.2, -0.15) is 0 Å². The summed E-state index contributed by atoms with van der Waals surface area (Å²) < 4.78 is 2.51. The zero-order chi connectivity index (χ0) is 34.6. The Kier molecular flexibility index (Phi) is 7.84. The van der Waals surface area contributed by atoms with E-state index in [0.29, 0.717) is 11.8 Å². The zero-order valence-corrected chi connectivity index (χ0v) is 30.1. The molecule has 0 bridgehead atoms. The first-order valence-electron chi connectivity index (χ1n) is 18.7. The van der Waals surface area contributed by atoms with Crippen LogP contribution in [0.5, 0.6) is 0 Å². The smallest absolute Gasteiger partial charge is 0.0708 e. The van der Waals surface area contributed by atoms with E-state index in [9.17, 15) is 0 Å². The average molecular weight is 661 g/mol. The van der Waals surface area contributed by atoms with Gasteiger partial charge in [0.2, 0.25) is 0 Å². The summed E-state index contributed by atoms with van der Waals surface area (Å²) in [4.78, 5) is 5.22. The maximum Gasteiger partial charge on any atom is 0.0708 e. The largest absolute Gasteiger partial charge is 0.308 e. The van der Waals surface area contributed by atoms with Crippen molar-refractivity contribution in [2.24, 2.45) is 5.92 Å². The lowest BCUT2D eigenvalue weighted by atomic mass is 9.80. The number of rotatable bonds is 8. The molecule has 0 radical (unpaired) electrons. The third kappa shape index (κ3) is 5.19. The summed E-state index contributed by atoms with van der Waals surface area (Å²) in [5.41, 5.74) is 16.9. The fourth-order valence-electron chi connectivity index (χ4n) is 8.95. The van der Waals surface area contributed by atoms with Crippen LogP contribution in [0.25, 0.3) is 66.1 Å². The molecule has 0 fully saturated rings. The number of fused-ring (bicyclic) bond motifs is 6. The Hall–Kier alpha value is -5.47. The summed E-state index contributed by atoms with van der Waals surface area (Å²) in [7, 11) is 0. The summed E-state index contributed by atoms with van der Waals surface area (Å²) in [5, 5.41) is 5.25. The average Bonchev–Trinajstić information content (AvgIpc) is 3.67. The quantitative estimate of drug-likeness (QED) is 0.159. The van der Waals surface area contributed by atoms with Gasteiger partial charge in [-0.15, -0.1) is 0 Å². The predicted octanol–water partition coefficient (Wildman–Crippen LogP) is 13.3. The Morgan fingerprint density at radius 1 is 0.706 bits per heavy atom. The molecule has 2 nitrogen and oxygen atoms in total. The SMILES string of the molecule is CCC(CCc1cc2c(cc1-c1cc(C)c(-c3ccccc3C)cn1)c1cccc3c4ccccc4n2c31)c1ccccc1C1=CC=CCC1C. The highest BCUT2D eigenvalue weighted by Crippen LogP contribution is 2.43. The zero-order valence-electron chi connectivity index (χ0n) is 30.1. The van der Waals surface area contributed by atoms with E-state index >= 15 is 0 Å². The second-order valence-electron chi connectivity index (χ2n) is 14.7. The fourth-order valence-corrected chi connectivity index (χ4v) is 8.95. The molecule has 3 heterocycles. The van der Waals surface area contributed by atoms with Gasteiger partial charge in [0.15, 0.2) is 0 Å². The highest BCUT2D eigenvalue weighted by Gasteiger charge is 2.23. The number of benzene rings is 5. The molecule has 1 aliphatic rings. The Balaban J connectivity index is 1.20. The van der Waals surface area contributed by atoms with E-state index in [4.69, 9.17) is 4.98 Å². The maximum absolute atomic E-state index is 5.22. The Morgan fingerprint density at radius 3 is 2.25 bits per heavy atom. The van der Waals surface area contributed by atoms with E-state index in [0.717, 1.165) is 31.4 Å². The van der Waals surface area contributed by atoms with Crippen molar-refractivity contribution in [2.75, 3.05) is 0 Å². The lowest BCUT2D eigenvalue weighted by Crippen LogP contribution is -2.08. The van der Waals surface area contributed by atoms with Gasteiger partial charge in [0.1, 0.15) is 0 Å². The molecule has 2 unspecified atom stereocenters. The molecule has 0 spiro atoms. The molecular formula is C49H44N2. The molecule has 2 heteroatoms. The minimum absolute atomic E-state index is 0.454. The maximum atomic E-state index is 5.22. The summed E-state index contributed by atoms with van der Waals surface area (Å²) in [6.07, 6.45) is 13.2. The second kappa shape index (κ2) is 12.7. The van der Waals surface area contributed by atoms with Crippen LogP contribution >= 0.6 is 0 Å². The molecule has 0 aliphatic heterocycles. The number of nitrogens with zero attached hydrogens (tertiary/aromatic N) is 2. The van der Waals surface area contributed by atoms with Crippen molar-refractivity contribution in [3.05, 3.63) is 161 Å². The van der Waals surface area contributed by atoms with Crippen LogP contribution in [0.3, 0.4) is 0 Å². The van der Waals surface area contributed by atoms with Gasteiger partial charge in [0.25, 0.3) is 0 Å². The lowest BCUT2D eigenvalue weighted by molar-refractivity contribution is 0.603. The van der Waals surface area contributed by atoms with E-state index in [2.05, 4.69) is 166 Å². The third-order valence-electron chi connectivity index (χ3n) is 11.7. The number of pyridine rings is 1. The monoisotopic (exact) mass is 660 g/mol. The molecule has 2 atom stereocenters. The van der Waals surface area contributed by atoms with E-state index in [-0.39, 0.29) is 0 Å². The number of aryl methyl sites for hydroxylation is 3. The van der Waals surface area contributed by atoms with E-state index < -0.39 is 0 Å². The van der Waals surface area contributed by atoms with Crippen LogP contribution in [-0.4, -0.2) is 9.38 Å². The van der Waals surface area contributed by atoms with Crippen molar-refractivity contribution >= 4 is 43.7 Å². The van der Waals surface area contributed by atoms with Crippen molar-refractivity contribution in [1.29, 1.82) is 0 Å². The number of para-hydroxylation sites is 2. The van der Waals surface area contributed by atoms with Crippen molar-refractivity contribution < 1.29 is 0 Å². The molecule has 9 rings (SSSR count). The minimum Gasteiger partial charge on any atom is -0.308 e. The van der Waals surface area contributed by atoms with Crippen LogP contribution in [0.15, 0.2) is 134 Å². The molecule has 3 aromatic heterocycles. The predicted molar refractivity (Wildman–Crippen MR) is 218 cm³/mol. The lowest BCUT2D eigenvalue weighted by Gasteiger charge is -2.25. The van der Waals surface area contributed by atoms with Gasteiger partial charge >= 0.3 is 0 Å². The van der Waals surface area contributed by atoms with Crippen LogP contribution in [-0.2, 0) is 6.42 Å². The fraction of sp³-hybridized carbons (Fsp3) is 0.204. The summed E-state index contributed by atoms with van der Waals surface area (Å²) >= 11 is 0. The van der Waals surface area contributed by atoms with Gasteiger partial charge in [-0.3, -0.25) is 4.98 Å². The third-order valence-corrected chi connectivity index (χ3v) is 11.7. The molecule has 0 saturated heterocycles. The van der Waals surface area contributed by atoms with Gasteiger partial charge in [0, 0.05) is 38.9 Å². The Labute approximate surface area is 301 Å². The second-order valence-corrected chi connectivity index (χ2v) is 14.7. The van der Waals surface area contributed by atoms with Gasteiger partial charge < -0.3 is 4.40 Å².